The monoisotopic (exact) mass is 316 g/mol. The molecule has 0 unspecified atom stereocenters. The average molecular weight is 316 g/mol. The number of hydrogen-bond donors (Lipinski definition) is 1. The third-order valence-corrected chi connectivity index (χ3v) is 3.36. The van der Waals surface area contributed by atoms with E-state index in [0.29, 0.717) is 4.90 Å². The molecule has 0 bridgehead atoms. The number of benzene rings is 2. The normalized spacial score (nSPS) is 13.2. The van der Waals surface area contributed by atoms with E-state index in [4.69, 9.17) is 0 Å². The van der Waals surface area contributed by atoms with Gasteiger partial charge in [0.15, 0.2) is 0 Å². The van der Waals surface area contributed by atoms with E-state index in [1.165, 1.54) is 30.3 Å². The van der Waals surface area contributed by atoms with Crippen molar-refractivity contribution in [3.63, 3.8) is 0 Å². The number of rotatable bonds is 3. The van der Waals surface area contributed by atoms with Crippen LogP contribution in [-0.2, 0) is 4.79 Å². The Morgan fingerprint density at radius 1 is 1.04 bits per heavy atom. The number of carbonyl (C=O) groups is 3. The Morgan fingerprint density at radius 3 is 2.48 bits per heavy atom. The van der Waals surface area contributed by atoms with E-state index >= 15 is 0 Å². The van der Waals surface area contributed by atoms with Crippen LogP contribution in [0.1, 0.15) is 20.7 Å². The van der Waals surface area contributed by atoms with Gasteiger partial charge in [0.05, 0.1) is 11.1 Å². The first kappa shape index (κ1) is 14.8. The molecule has 0 fully saturated rings. The maximum atomic E-state index is 13.7. The van der Waals surface area contributed by atoms with Gasteiger partial charge in [-0.05, 0) is 30.3 Å². The van der Waals surface area contributed by atoms with E-state index in [2.05, 4.69) is 5.32 Å². The van der Waals surface area contributed by atoms with Crippen LogP contribution < -0.4 is 5.32 Å². The van der Waals surface area contributed by atoms with E-state index in [1.807, 2.05) is 0 Å². The van der Waals surface area contributed by atoms with E-state index in [-0.39, 0.29) is 16.8 Å². The summed E-state index contributed by atoms with van der Waals surface area (Å²) in [7, 11) is 0. The van der Waals surface area contributed by atoms with Gasteiger partial charge in [0.2, 0.25) is 5.91 Å². The minimum absolute atomic E-state index is 0.0754. The lowest BCUT2D eigenvalue weighted by atomic mass is 10.1. The maximum Gasteiger partial charge on any atom is 0.265 e. The molecule has 116 valence electrons. The summed E-state index contributed by atoms with van der Waals surface area (Å²) in [6.45, 7) is -0.581. The van der Waals surface area contributed by atoms with Gasteiger partial charge in [-0.2, -0.15) is 0 Å². The number of carbonyl (C=O) groups excluding carboxylic acids is 3. The van der Waals surface area contributed by atoms with Gasteiger partial charge < -0.3 is 5.32 Å². The zero-order valence-corrected chi connectivity index (χ0v) is 11.7. The number of hydrogen-bond acceptors (Lipinski definition) is 3. The Morgan fingerprint density at radius 2 is 1.78 bits per heavy atom. The number of fused-ring (bicyclic) bond motifs is 1. The van der Waals surface area contributed by atoms with Gasteiger partial charge in [0.1, 0.15) is 18.2 Å². The summed E-state index contributed by atoms with van der Waals surface area (Å²) >= 11 is 0. The van der Waals surface area contributed by atoms with Crippen molar-refractivity contribution in [2.75, 3.05) is 11.9 Å². The minimum atomic E-state index is -0.863. The van der Waals surface area contributed by atoms with Crippen molar-refractivity contribution >= 4 is 23.4 Å². The van der Waals surface area contributed by atoms with Gasteiger partial charge in [-0.3, -0.25) is 19.3 Å². The molecule has 0 radical (unpaired) electrons. The number of nitrogens with zero attached hydrogens (tertiary/aromatic N) is 1. The molecular formula is C16H10F2N2O3. The minimum Gasteiger partial charge on any atom is -0.324 e. The van der Waals surface area contributed by atoms with Gasteiger partial charge in [0.25, 0.3) is 11.8 Å². The Labute approximate surface area is 129 Å². The fraction of sp³-hybridized carbons (Fsp3) is 0.0625. The predicted molar refractivity (Wildman–Crippen MR) is 76.8 cm³/mol. The van der Waals surface area contributed by atoms with Crippen LogP contribution in [0.2, 0.25) is 0 Å². The summed E-state index contributed by atoms with van der Waals surface area (Å²) in [5.74, 6) is -3.64. The number of amides is 3. The molecule has 2 aromatic rings. The van der Waals surface area contributed by atoms with Crippen molar-refractivity contribution in [3.8, 4) is 0 Å². The molecule has 0 saturated heterocycles. The summed E-state index contributed by atoms with van der Waals surface area (Å²) < 4.78 is 26.7. The van der Waals surface area contributed by atoms with Gasteiger partial charge >= 0.3 is 0 Å². The summed E-state index contributed by atoms with van der Waals surface area (Å²) in [6.07, 6.45) is 0. The van der Waals surface area contributed by atoms with Crippen LogP contribution >= 0.6 is 0 Å². The first-order valence-electron chi connectivity index (χ1n) is 6.67. The van der Waals surface area contributed by atoms with Crippen LogP contribution in [0.4, 0.5) is 14.5 Å². The van der Waals surface area contributed by atoms with Crippen LogP contribution in [0.25, 0.3) is 0 Å². The zero-order valence-electron chi connectivity index (χ0n) is 11.7. The summed E-state index contributed by atoms with van der Waals surface area (Å²) in [6, 6.07) is 8.88. The first-order valence-corrected chi connectivity index (χ1v) is 6.67. The van der Waals surface area contributed by atoms with Crippen LogP contribution in [0.5, 0.6) is 0 Å². The lowest BCUT2D eigenvalue weighted by Crippen LogP contribution is -2.37. The molecule has 7 heteroatoms. The lowest BCUT2D eigenvalue weighted by molar-refractivity contribution is -0.116. The predicted octanol–water partition coefficient (Wildman–Crippen LogP) is 2.20. The summed E-state index contributed by atoms with van der Waals surface area (Å²) in [5, 5.41) is 2.37. The highest BCUT2D eigenvalue weighted by atomic mass is 19.1. The van der Waals surface area contributed by atoms with Gasteiger partial charge in [-0.1, -0.05) is 12.1 Å². The number of imide groups is 1. The van der Waals surface area contributed by atoms with Crippen LogP contribution in [0, 0.1) is 11.6 Å². The number of halogens is 2. The molecule has 1 N–H and O–H groups in total. The molecular weight excluding hydrogens is 306 g/mol. The largest absolute Gasteiger partial charge is 0.324 e. The van der Waals surface area contributed by atoms with Crippen molar-refractivity contribution in [3.05, 3.63) is 65.2 Å². The van der Waals surface area contributed by atoms with Crippen molar-refractivity contribution in [2.24, 2.45) is 0 Å². The van der Waals surface area contributed by atoms with Crippen molar-refractivity contribution < 1.29 is 23.2 Å². The Hall–Kier alpha value is -3.09. The quantitative estimate of drug-likeness (QED) is 0.883. The molecule has 1 aliphatic heterocycles. The van der Waals surface area contributed by atoms with Gasteiger partial charge in [0, 0.05) is 5.69 Å². The third-order valence-electron chi connectivity index (χ3n) is 3.36. The van der Waals surface area contributed by atoms with Crippen molar-refractivity contribution in [1.82, 2.24) is 4.90 Å². The third kappa shape index (κ3) is 2.68. The molecule has 3 amide bonds. The SMILES string of the molecule is O=C(CN1C(=O)c2cccc(F)c2C1=O)Nc1cccc(F)c1. The molecule has 3 rings (SSSR count). The molecule has 5 nitrogen and oxygen atoms in total. The average Bonchev–Trinajstić information content (AvgIpc) is 2.73. The zero-order chi connectivity index (χ0) is 16.6. The van der Waals surface area contributed by atoms with Gasteiger partial charge in [-0.15, -0.1) is 0 Å². The summed E-state index contributed by atoms with van der Waals surface area (Å²) in [4.78, 5) is 36.8. The highest BCUT2D eigenvalue weighted by molar-refractivity contribution is 6.22. The lowest BCUT2D eigenvalue weighted by Gasteiger charge is -2.13. The van der Waals surface area contributed by atoms with E-state index in [1.54, 1.807) is 0 Å². The fourth-order valence-corrected chi connectivity index (χ4v) is 2.35. The molecule has 2 aromatic carbocycles. The molecule has 0 atom stereocenters. The highest BCUT2D eigenvalue weighted by Crippen LogP contribution is 2.25. The molecule has 0 saturated carbocycles. The fourth-order valence-electron chi connectivity index (χ4n) is 2.35. The van der Waals surface area contributed by atoms with E-state index in [9.17, 15) is 23.2 Å². The van der Waals surface area contributed by atoms with Crippen LogP contribution in [-0.4, -0.2) is 29.2 Å². The Balaban J connectivity index is 1.77. The Bertz CT molecular complexity index is 836. The molecule has 1 heterocycles. The summed E-state index contributed by atoms with van der Waals surface area (Å²) in [5.41, 5.74) is -0.220. The van der Waals surface area contributed by atoms with Crippen molar-refractivity contribution in [2.45, 2.75) is 0 Å². The van der Waals surface area contributed by atoms with Crippen LogP contribution in [0.15, 0.2) is 42.5 Å². The van der Waals surface area contributed by atoms with E-state index < -0.39 is 35.9 Å². The second-order valence-corrected chi connectivity index (χ2v) is 4.92. The number of nitrogens with one attached hydrogen (secondary N) is 1. The topological polar surface area (TPSA) is 66.5 Å². The molecule has 0 spiro atoms. The standard InChI is InChI=1S/C16H10F2N2O3/c17-9-3-1-4-10(7-9)19-13(21)8-20-15(22)11-5-2-6-12(18)14(11)16(20)23/h1-7H,8H2,(H,19,21). The van der Waals surface area contributed by atoms with E-state index in [0.717, 1.165) is 12.1 Å². The molecule has 0 aliphatic carbocycles. The maximum absolute atomic E-state index is 13.7. The second kappa shape index (κ2) is 5.60. The smallest absolute Gasteiger partial charge is 0.265 e. The first-order chi connectivity index (χ1) is 11.0. The van der Waals surface area contributed by atoms with Crippen LogP contribution in [0.3, 0.4) is 0 Å². The number of anilines is 1. The van der Waals surface area contributed by atoms with Gasteiger partial charge in [-0.25, -0.2) is 8.78 Å². The Kier molecular flexibility index (Phi) is 3.61. The molecule has 23 heavy (non-hydrogen) atoms. The van der Waals surface area contributed by atoms with Crippen molar-refractivity contribution in [1.29, 1.82) is 0 Å². The highest BCUT2D eigenvalue weighted by Gasteiger charge is 2.38. The second-order valence-electron chi connectivity index (χ2n) is 4.92. The molecule has 0 aromatic heterocycles. The molecule has 1 aliphatic rings.